The van der Waals surface area contributed by atoms with Crippen molar-refractivity contribution in [3.63, 3.8) is 0 Å². The van der Waals surface area contributed by atoms with Crippen LogP contribution in [0, 0.1) is 11.2 Å². The number of nitrogens with one attached hydrogen (secondary N) is 1. The fourth-order valence-corrected chi connectivity index (χ4v) is 5.68. The third kappa shape index (κ3) is 5.77. The lowest BCUT2D eigenvalue weighted by atomic mass is 9.97. The zero-order valence-electron chi connectivity index (χ0n) is 20.0. The molecule has 0 unspecified atom stereocenters. The maximum Gasteiger partial charge on any atom is 0.417 e. The summed E-state index contributed by atoms with van der Waals surface area (Å²) in [4.78, 5) is 4.08. The molecule has 2 heterocycles. The van der Waals surface area contributed by atoms with Crippen LogP contribution in [0.25, 0.3) is 22.3 Å². The molecule has 0 spiro atoms. The normalized spacial score (nSPS) is 16.4. The number of fused-ring (bicyclic) bond motifs is 1. The fourth-order valence-electron chi connectivity index (χ4n) is 4.14. The van der Waals surface area contributed by atoms with E-state index in [2.05, 4.69) is 4.98 Å². The number of rotatable bonds is 6. The van der Waals surface area contributed by atoms with E-state index in [9.17, 15) is 34.8 Å². The molecule has 1 fully saturated rings. The van der Waals surface area contributed by atoms with Crippen molar-refractivity contribution < 1.29 is 39.2 Å². The molecule has 0 saturated heterocycles. The molecular weight excluding hydrogens is 527 g/mol. The van der Waals surface area contributed by atoms with Gasteiger partial charge < -0.3 is 4.57 Å². The Bertz CT molecular complexity index is 1430. The largest absolute Gasteiger partial charge is 0.417 e. The van der Waals surface area contributed by atoms with E-state index in [-0.39, 0.29) is 30.4 Å². The topological polar surface area (TPSA) is 64.0 Å². The third-order valence-electron chi connectivity index (χ3n) is 5.85. The van der Waals surface area contributed by atoms with Gasteiger partial charge in [0.2, 0.25) is 10.0 Å². The molecular formula is C24H24F7N3O2S. The smallest absolute Gasteiger partial charge is 0.332 e. The first-order valence-corrected chi connectivity index (χ1v) is 12.9. The highest BCUT2D eigenvalue weighted by Gasteiger charge is 2.48. The Morgan fingerprint density at radius 3 is 2.24 bits per heavy atom. The molecule has 13 heteroatoms. The van der Waals surface area contributed by atoms with Crippen LogP contribution in [-0.4, -0.2) is 29.4 Å². The van der Waals surface area contributed by atoms with Crippen LogP contribution in [0.1, 0.15) is 50.8 Å². The Hall–Kier alpha value is -2.67. The minimum Gasteiger partial charge on any atom is -0.332 e. The number of alkyl halides is 6. The predicted molar refractivity (Wildman–Crippen MR) is 123 cm³/mol. The molecule has 0 aliphatic heterocycles. The molecule has 0 radical (unpaired) electrons. The number of aromatic nitrogens is 2. The lowest BCUT2D eigenvalue weighted by Gasteiger charge is -2.21. The van der Waals surface area contributed by atoms with Crippen molar-refractivity contribution in [2.24, 2.45) is 5.41 Å². The van der Waals surface area contributed by atoms with Crippen LogP contribution in [0.15, 0.2) is 36.5 Å². The Kier molecular flexibility index (Phi) is 6.63. The lowest BCUT2D eigenvalue weighted by molar-refractivity contribution is -0.152. The van der Waals surface area contributed by atoms with E-state index < -0.39 is 67.3 Å². The van der Waals surface area contributed by atoms with Gasteiger partial charge in [-0.2, -0.15) is 31.1 Å². The van der Waals surface area contributed by atoms with E-state index in [1.165, 1.54) is 10.6 Å². The van der Waals surface area contributed by atoms with Gasteiger partial charge in [-0.25, -0.2) is 17.8 Å². The molecule has 3 aromatic rings. The molecule has 1 atom stereocenters. The molecule has 1 aromatic carbocycles. The van der Waals surface area contributed by atoms with Crippen molar-refractivity contribution in [1.29, 1.82) is 0 Å². The van der Waals surface area contributed by atoms with E-state index in [1.54, 1.807) is 25.5 Å². The number of halogens is 7. The van der Waals surface area contributed by atoms with Gasteiger partial charge in [0, 0.05) is 29.3 Å². The van der Waals surface area contributed by atoms with Gasteiger partial charge in [0.25, 0.3) is 0 Å². The van der Waals surface area contributed by atoms with Crippen LogP contribution in [-0.2, 0) is 22.7 Å². The first-order valence-electron chi connectivity index (χ1n) is 11.3. The second-order valence-electron chi connectivity index (χ2n) is 10.3. The molecule has 37 heavy (non-hydrogen) atoms. The van der Waals surface area contributed by atoms with Crippen molar-refractivity contribution in [3.8, 4) is 11.3 Å². The number of pyridine rings is 1. The Balaban J connectivity index is 1.97. The first kappa shape index (κ1) is 27.4. The van der Waals surface area contributed by atoms with E-state index in [0.29, 0.717) is 6.07 Å². The van der Waals surface area contributed by atoms with E-state index >= 15 is 4.39 Å². The van der Waals surface area contributed by atoms with Crippen LogP contribution in [0.2, 0.25) is 0 Å². The average Bonchev–Trinajstić information content (AvgIpc) is 3.55. The summed E-state index contributed by atoms with van der Waals surface area (Å²) in [5, 5.41) is -1.29. The highest BCUT2D eigenvalue weighted by atomic mass is 32.2. The maximum atomic E-state index is 15.3. The second-order valence-corrected chi connectivity index (χ2v) is 12.3. The minimum atomic E-state index is -5.08. The molecule has 1 N–H and O–H groups in total. The van der Waals surface area contributed by atoms with Crippen molar-refractivity contribution in [2.45, 2.75) is 63.8 Å². The summed E-state index contributed by atoms with van der Waals surface area (Å²) in [6, 6.07) is 2.16. The first-order chi connectivity index (χ1) is 16.9. The van der Waals surface area contributed by atoms with E-state index in [4.69, 9.17) is 0 Å². The summed E-state index contributed by atoms with van der Waals surface area (Å²) in [6.07, 6.45) is -8.43. The Morgan fingerprint density at radius 1 is 1.08 bits per heavy atom. The fraction of sp³-hybridized carbons (Fsp3) is 0.458. The summed E-state index contributed by atoms with van der Waals surface area (Å²) in [7, 11) is -4.31. The van der Waals surface area contributed by atoms with Crippen molar-refractivity contribution in [1.82, 2.24) is 14.3 Å². The van der Waals surface area contributed by atoms with Crippen LogP contribution < -0.4 is 4.72 Å². The number of sulfonamides is 1. The van der Waals surface area contributed by atoms with Crippen LogP contribution in [0.3, 0.4) is 0 Å². The number of benzene rings is 1. The Labute approximate surface area is 208 Å². The van der Waals surface area contributed by atoms with Crippen LogP contribution in [0.4, 0.5) is 30.7 Å². The van der Waals surface area contributed by atoms with Crippen molar-refractivity contribution >= 4 is 21.1 Å². The molecule has 0 bridgehead atoms. The van der Waals surface area contributed by atoms with Gasteiger partial charge in [-0.1, -0.05) is 39.0 Å². The molecule has 1 aliphatic carbocycles. The number of nitrogens with zero attached hydrogens (tertiary/aromatic N) is 2. The van der Waals surface area contributed by atoms with Crippen LogP contribution in [0.5, 0.6) is 0 Å². The van der Waals surface area contributed by atoms with Gasteiger partial charge in [0.05, 0.1) is 10.8 Å². The quantitative estimate of drug-likeness (QED) is 0.352. The maximum absolute atomic E-state index is 15.3. The summed E-state index contributed by atoms with van der Waals surface area (Å²) in [6.45, 7) is 5.40. The van der Waals surface area contributed by atoms with E-state index in [0.717, 1.165) is 24.4 Å². The summed E-state index contributed by atoms with van der Waals surface area (Å²) < 4.78 is 126. The zero-order valence-corrected chi connectivity index (χ0v) is 20.8. The number of hydrogen-bond donors (Lipinski definition) is 1. The monoisotopic (exact) mass is 551 g/mol. The molecule has 0 amide bonds. The minimum absolute atomic E-state index is 0.0719. The SMILES string of the molecule is CC(C)(C)Cn1cc([C@H](NS(=O)(=O)C2CC2)C(F)(F)F)c2cc(F)c(-c3ccccc3C(F)(F)F)nc21. The highest BCUT2D eigenvalue weighted by Crippen LogP contribution is 2.42. The van der Waals surface area contributed by atoms with Gasteiger partial charge in [0.1, 0.15) is 23.2 Å². The van der Waals surface area contributed by atoms with Crippen molar-refractivity contribution in [2.75, 3.05) is 0 Å². The summed E-state index contributed by atoms with van der Waals surface area (Å²) in [5.74, 6) is -1.27. The molecule has 1 aliphatic rings. The van der Waals surface area contributed by atoms with Crippen LogP contribution >= 0.6 is 0 Å². The molecule has 4 rings (SSSR count). The van der Waals surface area contributed by atoms with Gasteiger partial charge in [0.15, 0.2) is 0 Å². The predicted octanol–water partition coefficient (Wildman–Crippen LogP) is 6.59. The number of hydrogen-bond acceptors (Lipinski definition) is 3. The van der Waals surface area contributed by atoms with Gasteiger partial charge in [-0.05, 0) is 30.4 Å². The highest BCUT2D eigenvalue weighted by molar-refractivity contribution is 7.90. The van der Waals surface area contributed by atoms with E-state index in [1.807, 2.05) is 0 Å². The van der Waals surface area contributed by atoms with Gasteiger partial charge >= 0.3 is 12.4 Å². The van der Waals surface area contributed by atoms with Crippen molar-refractivity contribution in [3.05, 3.63) is 53.5 Å². The molecule has 202 valence electrons. The standard InChI is InChI=1S/C24H24F7N3O2S/c1-22(2,3)12-34-11-16(20(24(29,30)31)33-37(35,36)13-8-9-13)15-10-18(25)19(32-21(15)34)14-6-4-5-7-17(14)23(26,27)28/h4-7,10-11,13,20,33H,8-9,12H2,1-3H3/t20-/m0/s1. The zero-order chi connectivity index (χ0) is 27.6. The molecule has 1 saturated carbocycles. The Morgan fingerprint density at radius 2 is 1.70 bits per heavy atom. The average molecular weight is 552 g/mol. The van der Waals surface area contributed by atoms with Gasteiger partial charge in [-0.3, -0.25) is 0 Å². The third-order valence-corrected chi connectivity index (χ3v) is 7.76. The summed E-state index contributed by atoms with van der Waals surface area (Å²) in [5.41, 5.74) is -3.70. The molecule has 2 aromatic heterocycles. The molecule has 5 nitrogen and oxygen atoms in total. The summed E-state index contributed by atoms with van der Waals surface area (Å²) >= 11 is 0. The lowest BCUT2D eigenvalue weighted by Crippen LogP contribution is -2.39. The second kappa shape index (κ2) is 8.97. The van der Waals surface area contributed by atoms with Gasteiger partial charge in [-0.15, -0.1) is 0 Å².